The number of likely N-dealkylation sites (tertiary alicyclic amines) is 1. The predicted molar refractivity (Wildman–Crippen MR) is 93.6 cm³/mol. The number of piperidine rings is 1. The Balaban J connectivity index is 2.26. The van der Waals surface area contributed by atoms with Gasteiger partial charge in [0, 0.05) is 25.7 Å². The van der Waals surface area contributed by atoms with Crippen molar-refractivity contribution in [3.05, 3.63) is 29.8 Å². The third kappa shape index (κ3) is 4.34. The molecule has 0 radical (unpaired) electrons. The van der Waals surface area contributed by atoms with Crippen molar-refractivity contribution in [1.82, 2.24) is 4.90 Å². The summed E-state index contributed by atoms with van der Waals surface area (Å²) in [5, 5.41) is 0. The van der Waals surface area contributed by atoms with Gasteiger partial charge in [-0.25, -0.2) is 0 Å². The molecule has 1 fully saturated rings. The van der Waals surface area contributed by atoms with Gasteiger partial charge >= 0.3 is 0 Å². The third-order valence-corrected chi connectivity index (χ3v) is 4.39. The summed E-state index contributed by atoms with van der Waals surface area (Å²) in [5.41, 5.74) is 1.85. The van der Waals surface area contributed by atoms with Gasteiger partial charge in [0.05, 0.1) is 0 Å². The van der Waals surface area contributed by atoms with E-state index in [4.69, 9.17) is 0 Å². The molecule has 0 spiro atoms. The number of amides is 2. The van der Waals surface area contributed by atoms with E-state index in [0.29, 0.717) is 0 Å². The molecule has 0 aliphatic carbocycles. The minimum atomic E-state index is -0.0907. The van der Waals surface area contributed by atoms with Gasteiger partial charge in [0.1, 0.15) is 6.54 Å². The summed E-state index contributed by atoms with van der Waals surface area (Å²) in [4.78, 5) is 28.3. The molecule has 4 nitrogen and oxygen atoms in total. The highest BCUT2D eigenvalue weighted by atomic mass is 16.2. The summed E-state index contributed by atoms with van der Waals surface area (Å²) in [6.45, 7) is 9.65. The number of carbonyl (C=O) groups excluding carboxylic acids is 2. The first-order valence-electron chi connectivity index (χ1n) is 8.46. The lowest BCUT2D eigenvalue weighted by atomic mass is 9.85. The smallest absolute Gasteiger partial charge is 0.242 e. The second kappa shape index (κ2) is 7.16. The first-order chi connectivity index (χ1) is 10.8. The van der Waals surface area contributed by atoms with E-state index in [1.807, 2.05) is 29.2 Å². The Morgan fingerprint density at radius 1 is 1.09 bits per heavy atom. The molecule has 126 valence electrons. The monoisotopic (exact) mass is 316 g/mol. The van der Waals surface area contributed by atoms with Crippen LogP contribution in [-0.4, -0.2) is 36.3 Å². The van der Waals surface area contributed by atoms with Crippen molar-refractivity contribution in [1.29, 1.82) is 0 Å². The maximum absolute atomic E-state index is 12.6. The van der Waals surface area contributed by atoms with Gasteiger partial charge in [0.2, 0.25) is 11.8 Å². The molecule has 1 aromatic rings. The van der Waals surface area contributed by atoms with Crippen molar-refractivity contribution >= 4 is 17.5 Å². The van der Waals surface area contributed by atoms with Crippen LogP contribution < -0.4 is 4.90 Å². The lowest BCUT2D eigenvalue weighted by Crippen LogP contribution is -2.44. The standard InChI is InChI=1S/C19H28N2O2/c1-15(22)21(14-18(23)20-12-8-5-9-13-20)17-11-7-6-10-16(17)19(2,3)4/h6-7,10-11H,5,8-9,12-14H2,1-4H3. The molecule has 1 aliphatic rings. The minimum Gasteiger partial charge on any atom is -0.341 e. The Hall–Kier alpha value is -1.84. The zero-order valence-corrected chi connectivity index (χ0v) is 14.8. The molecule has 2 amide bonds. The maximum atomic E-state index is 12.6. The normalized spacial score (nSPS) is 15.4. The molecule has 1 heterocycles. The van der Waals surface area contributed by atoms with Crippen LogP contribution in [0.5, 0.6) is 0 Å². The van der Waals surface area contributed by atoms with Crippen LogP contribution in [0.2, 0.25) is 0 Å². The maximum Gasteiger partial charge on any atom is 0.242 e. The lowest BCUT2D eigenvalue weighted by molar-refractivity contribution is -0.132. The van der Waals surface area contributed by atoms with E-state index in [-0.39, 0.29) is 23.8 Å². The largest absolute Gasteiger partial charge is 0.341 e. The highest BCUT2D eigenvalue weighted by Gasteiger charge is 2.26. The summed E-state index contributed by atoms with van der Waals surface area (Å²) in [7, 11) is 0. The molecule has 23 heavy (non-hydrogen) atoms. The van der Waals surface area contributed by atoms with Gasteiger partial charge in [0.25, 0.3) is 0 Å². The van der Waals surface area contributed by atoms with Crippen molar-refractivity contribution in [3.8, 4) is 0 Å². The molecule has 1 aliphatic heterocycles. The SMILES string of the molecule is CC(=O)N(CC(=O)N1CCCCC1)c1ccccc1C(C)(C)C. The molecule has 1 saturated heterocycles. The number of anilines is 1. The average molecular weight is 316 g/mol. The van der Waals surface area contributed by atoms with Gasteiger partial charge in [-0.2, -0.15) is 0 Å². The third-order valence-electron chi connectivity index (χ3n) is 4.39. The Morgan fingerprint density at radius 2 is 1.70 bits per heavy atom. The fourth-order valence-electron chi connectivity index (χ4n) is 3.09. The van der Waals surface area contributed by atoms with Crippen molar-refractivity contribution in [3.63, 3.8) is 0 Å². The van der Waals surface area contributed by atoms with E-state index in [2.05, 4.69) is 20.8 Å². The van der Waals surface area contributed by atoms with Crippen LogP contribution in [0.4, 0.5) is 5.69 Å². The fraction of sp³-hybridized carbons (Fsp3) is 0.579. The first-order valence-corrected chi connectivity index (χ1v) is 8.46. The Labute approximate surface area is 139 Å². The van der Waals surface area contributed by atoms with Crippen molar-refractivity contribution in [2.45, 2.75) is 52.4 Å². The average Bonchev–Trinajstić information content (AvgIpc) is 2.52. The fourth-order valence-corrected chi connectivity index (χ4v) is 3.09. The molecule has 0 unspecified atom stereocenters. The van der Waals surface area contributed by atoms with Crippen LogP contribution in [0.3, 0.4) is 0 Å². The zero-order valence-electron chi connectivity index (χ0n) is 14.8. The molecular formula is C19H28N2O2. The van der Waals surface area contributed by atoms with Crippen LogP contribution in [-0.2, 0) is 15.0 Å². The quantitative estimate of drug-likeness (QED) is 0.858. The van der Waals surface area contributed by atoms with Crippen molar-refractivity contribution < 1.29 is 9.59 Å². The number of hydrogen-bond donors (Lipinski definition) is 0. The van der Waals surface area contributed by atoms with E-state index in [1.54, 1.807) is 4.90 Å². The Morgan fingerprint density at radius 3 is 2.26 bits per heavy atom. The summed E-state index contributed by atoms with van der Waals surface area (Å²) >= 11 is 0. The number of hydrogen-bond acceptors (Lipinski definition) is 2. The number of nitrogens with zero attached hydrogens (tertiary/aromatic N) is 2. The van der Waals surface area contributed by atoms with Gasteiger partial charge in [-0.1, -0.05) is 39.0 Å². The number of carbonyl (C=O) groups is 2. The summed E-state index contributed by atoms with van der Waals surface area (Å²) in [6.07, 6.45) is 3.31. The summed E-state index contributed by atoms with van der Waals surface area (Å²) in [6, 6.07) is 7.88. The van der Waals surface area contributed by atoms with Gasteiger partial charge < -0.3 is 9.80 Å². The van der Waals surface area contributed by atoms with E-state index in [9.17, 15) is 9.59 Å². The zero-order chi connectivity index (χ0) is 17.0. The number of rotatable bonds is 3. The minimum absolute atomic E-state index is 0.0450. The molecule has 2 rings (SSSR count). The molecule has 4 heteroatoms. The Bertz CT molecular complexity index is 569. The predicted octanol–water partition coefficient (Wildman–Crippen LogP) is 3.35. The highest BCUT2D eigenvalue weighted by Crippen LogP contribution is 2.32. The highest BCUT2D eigenvalue weighted by molar-refractivity contribution is 5.98. The van der Waals surface area contributed by atoms with Gasteiger partial charge in [-0.05, 0) is 36.3 Å². The topological polar surface area (TPSA) is 40.6 Å². The molecule has 0 atom stereocenters. The van der Waals surface area contributed by atoms with Crippen LogP contribution in [0.15, 0.2) is 24.3 Å². The second-order valence-corrected chi connectivity index (χ2v) is 7.31. The first kappa shape index (κ1) is 17.5. The molecule has 0 N–H and O–H groups in total. The lowest BCUT2D eigenvalue weighted by Gasteiger charge is -2.32. The number of benzene rings is 1. The van der Waals surface area contributed by atoms with E-state index in [1.165, 1.54) is 13.3 Å². The molecule has 0 saturated carbocycles. The molecular weight excluding hydrogens is 288 g/mol. The molecule has 0 aromatic heterocycles. The van der Waals surface area contributed by atoms with Crippen molar-refractivity contribution in [2.24, 2.45) is 0 Å². The van der Waals surface area contributed by atoms with Crippen LogP contribution in [0, 0.1) is 0 Å². The molecule has 1 aromatic carbocycles. The van der Waals surface area contributed by atoms with E-state index >= 15 is 0 Å². The van der Waals surface area contributed by atoms with Gasteiger partial charge in [-0.3, -0.25) is 9.59 Å². The van der Waals surface area contributed by atoms with E-state index < -0.39 is 0 Å². The van der Waals surface area contributed by atoms with Crippen LogP contribution in [0.1, 0.15) is 52.5 Å². The number of para-hydroxylation sites is 1. The summed E-state index contributed by atoms with van der Waals surface area (Å²) < 4.78 is 0. The summed E-state index contributed by atoms with van der Waals surface area (Å²) in [5.74, 6) is -0.0457. The van der Waals surface area contributed by atoms with Crippen molar-refractivity contribution in [2.75, 3.05) is 24.5 Å². The van der Waals surface area contributed by atoms with E-state index in [0.717, 1.165) is 37.2 Å². The van der Waals surface area contributed by atoms with Crippen LogP contribution >= 0.6 is 0 Å². The second-order valence-electron chi connectivity index (χ2n) is 7.31. The Kier molecular flexibility index (Phi) is 5.45. The van der Waals surface area contributed by atoms with Crippen LogP contribution in [0.25, 0.3) is 0 Å². The van der Waals surface area contributed by atoms with Gasteiger partial charge in [0.15, 0.2) is 0 Å². The van der Waals surface area contributed by atoms with Gasteiger partial charge in [-0.15, -0.1) is 0 Å². The molecule has 0 bridgehead atoms.